The number of piperidine rings is 1. The second kappa shape index (κ2) is 12.6. The van der Waals surface area contributed by atoms with Crippen LogP contribution in [-0.4, -0.2) is 57.8 Å². The second-order valence-electron chi connectivity index (χ2n) is 8.22. The molecule has 2 rings (SSSR count). The van der Waals surface area contributed by atoms with E-state index in [4.69, 9.17) is 14.5 Å². The number of nitrogens with one attached hydrogen (secondary N) is 2. The van der Waals surface area contributed by atoms with Crippen molar-refractivity contribution >= 4 is 5.96 Å². The fourth-order valence-electron chi connectivity index (χ4n) is 4.13. The van der Waals surface area contributed by atoms with Crippen LogP contribution in [0, 0.1) is 11.8 Å². The summed E-state index contributed by atoms with van der Waals surface area (Å²) in [6.45, 7) is 12.9. The molecule has 2 atom stereocenters. The lowest BCUT2D eigenvalue weighted by Crippen LogP contribution is -2.40. The fourth-order valence-corrected chi connectivity index (χ4v) is 4.13. The summed E-state index contributed by atoms with van der Waals surface area (Å²) in [5, 5.41) is 6.79. The SMILES string of the molecule is CCNC(=NCc1ccc(OC)c(OC)c1)NCCCCN1CC(C)CC(C)C1. The van der Waals surface area contributed by atoms with Gasteiger partial charge in [0.1, 0.15) is 0 Å². The number of rotatable bonds is 10. The minimum absolute atomic E-state index is 0.596. The third kappa shape index (κ3) is 8.13. The molecule has 1 fully saturated rings. The van der Waals surface area contributed by atoms with E-state index in [9.17, 15) is 0 Å². The first-order valence-corrected chi connectivity index (χ1v) is 11.0. The Kier molecular flexibility index (Phi) is 10.1. The molecule has 6 nitrogen and oxygen atoms in total. The number of methoxy groups -OCH3 is 2. The van der Waals surface area contributed by atoms with Crippen LogP contribution < -0.4 is 20.1 Å². The number of unbranched alkanes of at least 4 members (excludes halogenated alkanes) is 1. The number of aliphatic imine (C=N–C) groups is 1. The van der Waals surface area contributed by atoms with Gasteiger partial charge in [-0.2, -0.15) is 0 Å². The lowest BCUT2D eigenvalue weighted by atomic mass is 9.92. The molecule has 1 aromatic rings. The van der Waals surface area contributed by atoms with E-state index in [2.05, 4.69) is 36.3 Å². The van der Waals surface area contributed by atoms with Crippen molar-refractivity contribution in [3.8, 4) is 11.5 Å². The Morgan fingerprint density at radius 2 is 1.79 bits per heavy atom. The summed E-state index contributed by atoms with van der Waals surface area (Å²) in [7, 11) is 3.30. The number of ether oxygens (including phenoxy) is 2. The van der Waals surface area contributed by atoms with Gasteiger partial charge in [0.25, 0.3) is 0 Å². The summed E-state index contributed by atoms with van der Waals surface area (Å²) in [6.07, 6.45) is 3.75. The monoisotopic (exact) mass is 404 g/mol. The number of likely N-dealkylation sites (tertiary alicyclic amines) is 1. The van der Waals surface area contributed by atoms with Gasteiger partial charge in [0.05, 0.1) is 20.8 Å². The third-order valence-corrected chi connectivity index (χ3v) is 5.35. The zero-order valence-corrected chi connectivity index (χ0v) is 19.0. The van der Waals surface area contributed by atoms with Crippen molar-refractivity contribution in [3.63, 3.8) is 0 Å². The average molecular weight is 405 g/mol. The average Bonchev–Trinajstić information content (AvgIpc) is 2.70. The zero-order chi connectivity index (χ0) is 21.1. The van der Waals surface area contributed by atoms with Crippen molar-refractivity contribution in [2.45, 2.75) is 46.6 Å². The van der Waals surface area contributed by atoms with E-state index < -0.39 is 0 Å². The molecule has 1 aliphatic rings. The number of hydrogen-bond acceptors (Lipinski definition) is 4. The molecule has 2 N–H and O–H groups in total. The summed E-state index contributed by atoms with van der Waals surface area (Å²) in [4.78, 5) is 7.34. The van der Waals surface area contributed by atoms with Gasteiger partial charge in [0.15, 0.2) is 17.5 Å². The molecule has 0 bridgehead atoms. The summed E-state index contributed by atoms with van der Waals surface area (Å²) >= 11 is 0. The molecule has 0 aromatic heterocycles. The zero-order valence-electron chi connectivity index (χ0n) is 19.0. The van der Waals surface area contributed by atoms with Gasteiger partial charge in [-0.05, 0) is 62.3 Å². The van der Waals surface area contributed by atoms with Crippen molar-refractivity contribution in [2.24, 2.45) is 16.8 Å². The van der Waals surface area contributed by atoms with E-state index in [-0.39, 0.29) is 0 Å². The maximum atomic E-state index is 5.38. The van der Waals surface area contributed by atoms with E-state index in [1.807, 2.05) is 18.2 Å². The normalized spacial score (nSPS) is 20.4. The van der Waals surface area contributed by atoms with Crippen molar-refractivity contribution in [1.29, 1.82) is 0 Å². The van der Waals surface area contributed by atoms with E-state index in [1.54, 1.807) is 14.2 Å². The Labute approximate surface area is 177 Å². The number of benzene rings is 1. The highest BCUT2D eigenvalue weighted by atomic mass is 16.5. The molecule has 1 heterocycles. The Hall–Kier alpha value is -1.95. The van der Waals surface area contributed by atoms with Crippen LogP contribution in [0.4, 0.5) is 0 Å². The number of guanidine groups is 1. The molecule has 1 aromatic carbocycles. The van der Waals surface area contributed by atoms with Gasteiger partial charge < -0.3 is 25.0 Å². The lowest BCUT2D eigenvalue weighted by molar-refractivity contribution is 0.139. The van der Waals surface area contributed by atoms with Crippen LogP contribution in [0.3, 0.4) is 0 Å². The molecule has 0 spiro atoms. The topological polar surface area (TPSA) is 58.1 Å². The fraction of sp³-hybridized carbons (Fsp3) is 0.696. The molecule has 0 radical (unpaired) electrons. The van der Waals surface area contributed by atoms with E-state index in [0.29, 0.717) is 6.54 Å². The molecule has 6 heteroatoms. The summed E-state index contributed by atoms with van der Waals surface area (Å²) in [5.41, 5.74) is 1.09. The third-order valence-electron chi connectivity index (χ3n) is 5.35. The van der Waals surface area contributed by atoms with Crippen molar-refractivity contribution < 1.29 is 9.47 Å². The maximum Gasteiger partial charge on any atom is 0.191 e. The van der Waals surface area contributed by atoms with Crippen LogP contribution >= 0.6 is 0 Å². The molecule has 0 aliphatic carbocycles. The predicted octanol–water partition coefficient (Wildman–Crippen LogP) is 3.52. The predicted molar refractivity (Wildman–Crippen MR) is 121 cm³/mol. The van der Waals surface area contributed by atoms with Crippen molar-refractivity contribution in [3.05, 3.63) is 23.8 Å². The quantitative estimate of drug-likeness (QED) is 0.355. The maximum absolute atomic E-state index is 5.38. The molecule has 1 saturated heterocycles. The first-order valence-electron chi connectivity index (χ1n) is 11.0. The van der Waals surface area contributed by atoms with Crippen LogP contribution in [0.25, 0.3) is 0 Å². The highest BCUT2D eigenvalue weighted by molar-refractivity contribution is 5.79. The van der Waals surface area contributed by atoms with Gasteiger partial charge in [0, 0.05) is 26.2 Å². The van der Waals surface area contributed by atoms with E-state index >= 15 is 0 Å². The van der Waals surface area contributed by atoms with Crippen molar-refractivity contribution in [1.82, 2.24) is 15.5 Å². The van der Waals surface area contributed by atoms with Gasteiger partial charge in [-0.3, -0.25) is 0 Å². The highest BCUT2D eigenvalue weighted by Crippen LogP contribution is 2.27. The van der Waals surface area contributed by atoms with Crippen LogP contribution in [0.2, 0.25) is 0 Å². The van der Waals surface area contributed by atoms with Crippen LogP contribution in [-0.2, 0) is 6.54 Å². The Morgan fingerprint density at radius 3 is 2.45 bits per heavy atom. The molecule has 1 aliphatic heterocycles. The van der Waals surface area contributed by atoms with Crippen molar-refractivity contribution in [2.75, 3.05) is 46.9 Å². The van der Waals surface area contributed by atoms with Gasteiger partial charge in [-0.25, -0.2) is 4.99 Å². The first-order chi connectivity index (χ1) is 14.0. The second-order valence-corrected chi connectivity index (χ2v) is 8.22. The Morgan fingerprint density at radius 1 is 1.07 bits per heavy atom. The summed E-state index contributed by atoms with van der Waals surface area (Å²) in [5.74, 6) is 4.01. The molecule has 0 amide bonds. The molecular formula is C23H40N4O2. The van der Waals surface area contributed by atoms with Gasteiger partial charge in [-0.15, -0.1) is 0 Å². The van der Waals surface area contributed by atoms with Gasteiger partial charge in [0.2, 0.25) is 0 Å². The standard InChI is InChI=1S/C23H40N4O2/c1-6-24-23(26-15-20-9-10-21(28-4)22(14-20)29-5)25-11-7-8-12-27-16-18(2)13-19(3)17-27/h9-10,14,18-19H,6-8,11-13,15-17H2,1-5H3,(H2,24,25,26). The first kappa shape index (κ1) is 23.3. The summed E-state index contributed by atoms with van der Waals surface area (Å²) in [6, 6.07) is 5.92. The van der Waals surface area contributed by atoms with Gasteiger partial charge >= 0.3 is 0 Å². The van der Waals surface area contributed by atoms with Gasteiger partial charge in [-0.1, -0.05) is 19.9 Å². The molecular weight excluding hydrogens is 364 g/mol. The van der Waals surface area contributed by atoms with E-state index in [1.165, 1.54) is 32.5 Å². The lowest BCUT2D eigenvalue weighted by Gasteiger charge is -2.34. The molecule has 164 valence electrons. The number of nitrogens with zero attached hydrogens (tertiary/aromatic N) is 2. The molecule has 0 saturated carbocycles. The Balaban J connectivity index is 1.76. The highest BCUT2D eigenvalue weighted by Gasteiger charge is 2.20. The molecule has 29 heavy (non-hydrogen) atoms. The van der Waals surface area contributed by atoms with Crippen LogP contribution in [0.5, 0.6) is 11.5 Å². The Bertz CT molecular complexity index is 625. The van der Waals surface area contributed by atoms with Crippen LogP contribution in [0.15, 0.2) is 23.2 Å². The summed E-state index contributed by atoms with van der Waals surface area (Å²) < 4.78 is 10.7. The number of hydrogen-bond donors (Lipinski definition) is 2. The smallest absolute Gasteiger partial charge is 0.191 e. The minimum Gasteiger partial charge on any atom is -0.493 e. The van der Waals surface area contributed by atoms with E-state index in [0.717, 1.165) is 54.4 Å². The minimum atomic E-state index is 0.596. The van der Waals surface area contributed by atoms with Crippen LogP contribution in [0.1, 0.15) is 45.6 Å². The molecule has 2 unspecified atom stereocenters. The largest absolute Gasteiger partial charge is 0.493 e.